The van der Waals surface area contributed by atoms with Gasteiger partial charge in [0.15, 0.2) is 0 Å². The molecule has 0 unspecified atom stereocenters. The lowest BCUT2D eigenvalue weighted by Gasteiger charge is -2.37. The summed E-state index contributed by atoms with van der Waals surface area (Å²) in [6.07, 6.45) is 1.78. The predicted molar refractivity (Wildman–Crippen MR) is 99.0 cm³/mol. The molecule has 0 spiro atoms. The van der Waals surface area contributed by atoms with Crippen molar-refractivity contribution in [2.75, 3.05) is 43.8 Å². The number of amides is 2. The molecule has 1 aliphatic rings. The molecule has 1 saturated heterocycles. The number of anilines is 1. The first-order valence-corrected chi connectivity index (χ1v) is 10.2. The summed E-state index contributed by atoms with van der Waals surface area (Å²) in [6, 6.07) is 3.60. The number of carbonyl (C=O) groups excluding carboxylic acids is 2. The SMILES string of the molecule is COc1ccc(N([C@H](C)C(=O)N2CCN(C=O)CC2)S(C)(=O)=O)cc1Cl. The molecule has 2 rings (SSSR count). The highest BCUT2D eigenvalue weighted by Crippen LogP contribution is 2.31. The second-order valence-electron chi connectivity index (χ2n) is 6.02. The van der Waals surface area contributed by atoms with Crippen molar-refractivity contribution in [2.24, 2.45) is 0 Å². The normalized spacial score (nSPS) is 16.2. The highest BCUT2D eigenvalue weighted by atomic mass is 35.5. The van der Waals surface area contributed by atoms with Gasteiger partial charge in [-0.1, -0.05) is 11.6 Å². The van der Waals surface area contributed by atoms with E-state index in [1.54, 1.807) is 21.9 Å². The standard InChI is InChI=1S/C16H22ClN3O5S/c1-12(16(22)19-8-6-18(11-21)7-9-19)20(26(3,23)24)13-4-5-15(25-2)14(17)10-13/h4-5,10-12H,6-9H2,1-3H3/t12-/m1/s1. The fraction of sp³-hybridized carbons (Fsp3) is 0.500. The van der Waals surface area contributed by atoms with Gasteiger partial charge in [0.25, 0.3) is 0 Å². The van der Waals surface area contributed by atoms with Gasteiger partial charge in [0, 0.05) is 26.2 Å². The van der Waals surface area contributed by atoms with Gasteiger partial charge in [-0.3, -0.25) is 13.9 Å². The number of sulfonamides is 1. The highest BCUT2D eigenvalue weighted by Gasteiger charge is 2.33. The second-order valence-corrected chi connectivity index (χ2v) is 8.29. The number of methoxy groups -OCH3 is 1. The van der Waals surface area contributed by atoms with Crippen molar-refractivity contribution < 1.29 is 22.7 Å². The van der Waals surface area contributed by atoms with Crippen LogP contribution in [0.2, 0.25) is 5.02 Å². The van der Waals surface area contributed by atoms with Crippen LogP contribution in [0.5, 0.6) is 5.75 Å². The monoisotopic (exact) mass is 403 g/mol. The van der Waals surface area contributed by atoms with Gasteiger partial charge in [0.2, 0.25) is 22.3 Å². The molecule has 2 amide bonds. The first-order chi connectivity index (χ1) is 12.2. The van der Waals surface area contributed by atoms with Crippen LogP contribution in [-0.2, 0) is 19.6 Å². The largest absolute Gasteiger partial charge is 0.495 e. The minimum Gasteiger partial charge on any atom is -0.495 e. The van der Waals surface area contributed by atoms with E-state index in [1.807, 2.05) is 0 Å². The van der Waals surface area contributed by atoms with E-state index < -0.39 is 16.1 Å². The van der Waals surface area contributed by atoms with E-state index in [2.05, 4.69) is 0 Å². The van der Waals surface area contributed by atoms with Gasteiger partial charge in [-0.2, -0.15) is 0 Å². The van der Waals surface area contributed by atoms with E-state index in [-0.39, 0.29) is 16.6 Å². The molecule has 0 aromatic heterocycles. The van der Waals surface area contributed by atoms with Crippen LogP contribution < -0.4 is 9.04 Å². The van der Waals surface area contributed by atoms with Gasteiger partial charge in [-0.05, 0) is 25.1 Å². The number of halogens is 1. The number of ether oxygens (including phenoxy) is 1. The van der Waals surface area contributed by atoms with Crippen LogP contribution in [-0.4, -0.2) is 76.1 Å². The third-order valence-corrected chi connectivity index (χ3v) is 5.77. The molecule has 10 heteroatoms. The van der Waals surface area contributed by atoms with E-state index in [9.17, 15) is 18.0 Å². The molecule has 0 bridgehead atoms. The van der Waals surface area contributed by atoms with Crippen molar-refractivity contribution in [1.29, 1.82) is 0 Å². The Morgan fingerprint density at radius 3 is 2.38 bits per heavy atom. The van der Waals surface area contributed by atoms with Crippen LogP contribution in [0.4, 0.5) is 5.69 Å². The number of piperazine rings is 1. The summed E-state index contributed by atoms with van der Waals surface area (Å²) in [5.74, 6) is 0.0840. The smallest absolute Gasteiger partial charge is 0.246 e. The molecule has 1 aromatic carbocycles. The van der Waals surface area contributed by atoms with Crippen LogP contribution in [0.3, 0.4) is 0 Å². The number of hydrogen-bond donors (Lipinski definition) is 0. The topological polar surface area (TPSA) is 87.2 Å². The van der Waals surface area contributed by atoms with Crippen LogP contribution in [0, 0.1) is 0 Å². The zero-order valence-electron chi connectivity index (χ0n) is 14.9. The average molecular weight is 404 g/mol. The van der Waals surface area contributed by atoms with E-state index in [4.69, 9.17) is 16.3 Å². The minimum absolute atomic E-state index is 0.248. The molecule has 26 heavy (non-hydrogen) atoms. The van der Waals surface area contributed by atoms with Crippen LogP contribution in [0.1, 0.15) is 6.92 Å². The molecule has 1 atom stereocenters. The Hall–Kier alpha value is -2.00. The summed E-state index contributed by atoms with van der Waals surface area (Å²) >= 11 is 6.11. The summed E-state index contributed by atoms with van der Waals surface area (Å²) in [6.45, 7) is 3.11. The van der Waals surface area contributed by atoms with Crippen molar-refractivity contribution >= 4 is 39.6 Å². The fourth-order valence-corrected chi connectivity index (χ4v) is 4.32. The Balaban J connectivity index is 2.28. The maximum Gasteiger partial charge on any atom is 0.246 e. The molecule has 0 saturated carbocycles. The van der Waals surface area contributed by atoms with Crippen molar-refractivity contribution in [3.05, 3.63) is 23.2 Å². The average Bonchev–Trinajstić information content (AvgIpc) is 2.60. The summed E-state index contributed by atoms with van der Waals surface area (Å²) in [5, 5.41) is 0.248. The molecule has 1 aliphatic heterocycles. The predicted octanol–water partition coefficient (Wildman–Crippen LogP) is 0.804. The third kappa shape index (κ3) is 4.39. The van der Waals surface area contributed by atoms with Crippen LogP contribution >= 0.6 is 11.6 Å². The summed E-state index contributed by atoms with van der Waals surface area (Å²) in [5.41, 5.74) is 0.283. The number of hydrogen-bond acceptors (Lipinski definition) is 5. The maximum absolute atomic E-state index is 12.8. The zero-order valence-corrected chi connectivity index (χ0v) is 16.5. The van der Waals surface area contributed by atoms with Gasteiger partial charge in [-0.15, -0.1) is 0 Å². The Morgan fingerprint density at radius 2 is 1.92 bits per heavy atom. The van der Waals surface area contributed by atoms with E-state index in [0.717, 1.165) is 17.0 Å². The molecular weight excluding hydrogens is 382 g/mol. The van der Waals surface area contributed by atoms with Crippen molar-refractivity contribution in [2.45, 2.75) is 13.0 Å². The van der Waals surface area contributed by atoms with Gasteiger partial charge >= 0.3 is 0 Å². The van der Waals surface area contributed by atoms with E-state index in [0.29, 0.717) is 31.9 Å². The first kappa shape index (κ1) is 20.3. The molecule has 0 N–H and O–H groups in total. The lowest BCUT2D eigenvalue weighted by atomic mass is 10.2. The van der Waals surface area contributed by atoms with E-state index >= 15 is 0 Å². The van der Waals surface area contributed by atoms with E-state index in [1.165, 1.54) is 20.1 Å². The Labute approximate surface area is 158 Å². The summed E-state index contributed by atoms with van der Waals surface area (Å²) in [4.78, 5) is 26.7. The molecule has 8 nitrogen and oxygen atoms in total. The quantitative estimate of drug-likeness (QED) is 0.656. The second kappa shape index (κ2) is 8.13. The minimum atomic E-state index is -3.73. The van der Waals surface area contributed by atoms with Gasteiger partial charge in [0.1, 0.15) is 11.8 Å². The lowest BCUT2D eigenvalue weighted by Crippen LogP contribution is -2.55. The molecule has 1 aromatic rings. The van der Waals surface area contributed by atoms with Crippen molar-refractivity contribution in [3.63, 3.8) is 0 Å². The highest BCUT2D eigenvalue weighted by molar-refractivity contribution is 7.92. The molecule has 0 aliphatic carbocycles. The first-order valence-electron chi connectivity index (χ1n) is 8.00. The molecule has 1 heterocycles. The maximum atomic E-state index is 12.8. The van der Waals surface area contributed by atoms with Crippen molar-refractivity contribution in [1.82, 2.24) is 9.80 Å². The fourth-order valence-electron chi connectivity index (χ4n) is 2.91. The van der Waals surface area contributed by atoms with Crippen LogP contribution in [0.25, 0.3) is 0 Å². The lowest BCUT2D eigenvalue weighted by molar-refractivity contribution is -0.135. The number of carbonyl (C=O) groups is 2. The Morgan fingerprint density at radius 1 is 1.31 bits per heavy atom. The third-order valence-electron chi connectivity index (χ3n) is 4.23. The zero-order chi connectivity index (χ0) is 19.5. The Bertz CT molecular complexity index is 778. The van der Waals surface area contributed by atoms with Crippen LogP contribution in [0.15, 0.2) is 18.2 Å². The van der Waals surface area contributed by atoms with Gasteiger partial charge in [0.05, 0.1) is 24.1 Å². The number of rotatable bonds is 6. The van der Waals surface area contributed by atoms with Gasteiger partial charge in [-0.25, -0.2) is 8.42 Å². The molecule has 144 valence electrons. The molecule has 1 fully saturated rings. The molecule has 0 radical (unpaired) electrons. The Kier molecular flexibility index (Phi) is 6.35. The van der Waals surface area contributed by atoms with Crippen molar-refractivity contribution in [3.8, 4) is 5.75 Å². The van der Waals surface area contributed by atoms with Gasteiger partial charge < -0.3 is 14.5 Å². The summed E-state index contributed by atoms with van der Waals surface area (Å²) < 4.78 is 30.8. The molecular formula is C16H22ClN3O5S. The number of benzene rings is 1. The number of nitrogens with zero attached hydrogens (tertiary/aromatic N) is 3. The summed E-state index contributed by atoms with van der Waals surface area (Å²) in [7, 11) is -2.27.